The first kappa shape index (κ1) is 12.6. The Bertz CT molecular complexity index is 662. The van der Waals surface area contributed by atoms with Crippen LogP contribution in [0.15, 0.2) is 53.1 Å². The van der Waals surface area contributed by atoms with Gasteiger partial charge in [-0.15, -0.1) is 0 Å². The molecule has 1 unspecified atom stereocenters. The fraction of sp³-hybridized carbons (Fsp3) is 0.143. The second kappa shape index (κ2) is 5.69. The van der Waals surface area contributed by atoms with Gasteiger partial charge in [-0.05, 0) is 27.9 Å². The molecule has 5 heteroatoms. The Hall–Kier alpha value is -1.43. The van der Waals surface area contributed by atoms with E-state index in [4.69, 9.17) is 5.73 Å². The van der Waals surface area contributed by atoms with Gasteiger partial charge >= 0.3 is 0 Å². The largest absolute Gasteiger partial charge is 0.323 e. The Kier molecular flexibility index (Phi) is 3.77. The molecule has 2 N–H and O–H groups in total. The van der Waals surface area contributed by atoms with E-state index in [9.17, 15) is 0 Å². The van der Waals surface area contributed by atoms with E-state index in [1.807, 2.05) is 6.07 Å². The lowest BCUT2D eigenvalue weighted by atomic mass is 10.0. The first-order chi connectivity index (χ1) is 9.34. The highest BCUT2D eigenvalue weighted by atomic mass is 32.2. The van der Waals surface area contributed by atoms with Crippen molar-refractivity contribution in [3.05, 3.63) is 54.4 Å². The molecule has 0 saturated carbocycles. The third kappa shape index (κ3) is 2.78. The summed E-state index contributed by atoms with van der Waals surface area (Å²) >= 11 is 3.07. The molecule has 0 fully saturated rings. The number of thioether (sulfide) groups is 1. The maximum Gasteiger partial charge on any atom is 0.169 e. The zero-order valence-corrected chi connectivity index (χ0v) is 11.8. The second-order valence-corrected chi connectivity index (χ2v) is 6.24. The maximum atomic E-state index is 6.31. The van der Waals surface area contributed by atoms with Crippen molar-refractivity contribution in [2.24, 2.45) is 5.73 Å². The van der Waals surface area contributed by atoms with Gasteiger partial charge in [-0.2, -0.15) is 4.37 Å². The van der Waals surface area contributed by atoms with Crippen molar-refractivity contribution in [2.75, 3.05) is 5.75 Å². The highest BCUT2D eigenvalue weighted by Gasteiger charge is 2.11. The number of fused-ring (bicyclic) bond motifs is 1. The van der Waals surface area contributed by atoms with Crippen LogP contribution < -0.4 is 5.73 Å². The lowest BCUT2D eigenvalue weighted by molar-refractivity contribution is 0.839. The van der Waals surface area contributed by atoms with Crippen LogP contribution in [-0.4, -0.2) is 15.1 Å². The van der Waals surface area contributed by atoms with Crippen LogP contribution in [-0.2, 0) is 0 Å². The molecule has 0 aliphatic carbocycles. The zero-order valence-electron chi connectivity index (χ0n) is 10.2. The summed E-state index contributed by atoms with van der Waals surface area (Å²) in [7, 11) is 0. The van der Waals surface area contributed by atoms with Crippen LogP contribution in [0, 0.1) is 0 Å². The van der Waals surface area contributed by atoms with Crippen LogP contribution in [0.3, 0.4) is 0 Å². The third-order valence-electron chi connectivity index (χ3n) is 2.95. The number of hydrogen-bond donors (Lipinski definition) is 1. The molecular formula is C14H13N3S2. The molecule has 0 amide bonds. The van der Waals surface area contributed by atoms with E-state index in [1.165, 1.54) is 27.9 Å². The first-order valence-electron chi connectivity index (χ1n) is 5.97. The first-order valence-corrected chi connectivity index (χ1v) is 7.73. The van der Waals surface area contributed by atoms with Crippen molar-refractivity contribution >= 4 is 34.1 Å². The minimum absolute atomic E-state index is 0.000000000000000222. The monoisotopic (exact) mass is 287 g/mol. The quantitative estimate of drug-likeness (QED) is 0.746. The van der Waals surface area contributed by atoms with Gasteiger partial charge in [-0.25, -0.2) is 4.98 Å². The number of nitrogens with two attached hydrogens (primary N) is 1. The van der Waals surface area contributed by atoms with Crippen LogP contribution in [0.1, 0.15) is 11.6 Å². The van der Waals surface area contributed by atoms with E-state index >= 15 is 0 Å². The summed E-state index contributed by atoms with van der Waals surface area (Å²) in [5.41, 5.74) is 7.50. The molecule has 0 aliphatic heterocycles. The van der Waals surface area contributed by atoms with E-state index in [1.54, 1.807) is 18.1 Å². The van der Waals surface area contributed by atoms with Gasteiger partial charge in [0.15, 0.2) is 4.34 Å². The summed E-state index contributed by atoms with van der Waals surface area (Å²) < 4.78 is 4.96. The lowest BCUT2D eigenvalue weighted by Gasteiger charge is -2.13. The molecule has 1 atom stereocenters. The molecule has 3 rings (SSSR count). The molecule has 2 aromatic carbocycles. The summed E-state index contributed by atoms with van der Waals surface area (Å²) in [6, 6.07) is 14.6. The van der Waals surface area contributed by atoms with E-state index in [-0.39, 0.29) is 6.04 Å². The van der Waals surface area contributed by atoms with Gasteiger partial charge in [0.05, 0.1) is 0 Å². The standard InChI is InChI=1S/C14H13N3S2/c15-13(8-18-14-16-9-17-19-14)12-7-3-5-10-4-1-2-6-11(10)12/h1-7,9,13H,8,15H2. The van der Waals surface area contributed by atoms with Crippen molar-refractivity contribution in [3.8, 4) is 0 Å². The Morgan fingerprint density at radius 1 is 1.16 bits per heavy atom. The number of aromatic nitrogens is 2. The van der Waals surface area contributed by atoms with Crippen molar-refractivity contribution < 1.29 is 0 Å². The van der Waals surface area contributed by atoms with Crippen molar-refractivity contribution in [2.45, 2.75) is 10.4 Å². The topological polar surface area (TPSA) is 51.8 Å². The molecule has 0 spiro atoms. The molecule has 0 radical (unpaired) electrons. The molecule has 3 aromatic rings. The van der Waals surface area contributed by atoms with Crippen molar-refractivity contribution in [1.29, 1.82) is 0 Å². The van der Waals surface area contributed by atoms with Gasteiger partial charge in [0, 0.05) is 11.8 Å². The maximum absolute atomic E-state index is 6.31. The van der Waals surface area contributed by atoms with Crippen LogP contribution >= 0.6 is 23.3 Å². The van der Waals surface area contributed by atoms with E-state index in [0.717, 1.165) is 10.1 Å². The van der Waals surface area contributed by atoms with Crippen LogP contribution in [0.25, 0.3) is 10.8 Å². The summed E-state index contributed by atoms with van der Waals surface area (Å²) in [6.07, 6.45) is 1.58. The van der Waals surface area contributed by atoms with Crippen molar-refractivity contribution in [1.82, 2.24) is 9.36 Å². The number of benzene rings is 2. The molecule has 0 saturated heterocycles. The summed E-state index contributed by atoms with van der Waals surface area (Å²) in [4.78, 5) is 4.16. The Morgan fingerprint density at radius 3 is 2.84 bits per heavy atom. The molecule has 1 heterocycles. The Morgan fingerprint density at radius 2 is 2.00 bits per heavy atom. The molecule has 3 nitrogen and oxygen atoms in total. The SMILES string of the molecule is NC(CSc1ncns1)c1cccc2ccccc12. The van der Waals surface area contributed by atoms with Gasteiger partial charge in [-0.1, -0.05) is 54.2 Å². The summed E-state index contributed by atoms with van der Waals surface area (Å²) in [5, 5.41) is 2.46. The lowest BCUT2D eigenvalue weighted by Crippen LogP contribution is -2.13. The van der Waals surface area contributed by atoms with Gasteiger partial charge in [0.25, 0.3) is 0 Å². The average Bonchev–Trinajstić information content (AvgIpc) is 2.97. The molecule has 96 valence electrons. The summed E-state index contributed by atoms with van der Waals surface area (Å²) in [5.74, 6) is 0.809. The molecular weight excluding hydrogens is 274 g/mol. The van der Waals surface area contributed by atoms with Crippen LogP contribution in [0.5, 0.6) is 0 Å². The molecule has 1 aromatic heterocycles. The molecule has 0 bridgehead atoms. The van der Waals surface area contributed by atoms with Gasteiger partial charge in [-0.3, -0.25) is 0 Å². The van der Waals surface area contributed by atoms with Crippen LogP contribution in [0.4, 0.5) is 0 Å². The van der Waals surface area contributed by atoms with Gasteiger partial charge in [0.2, 0.25) is 0 Å². The van der Waals surface area contributed by atoms with E-state index in [2.05, 4.69) is 45.8 Å². The predicted octanol–water partition coefficient (Wildman–Crippen LogP) is 3.48. The third-order valence-corrected chi connectivity index (χ3v) is 4.87. The number of hydrogen-bond acceptors (Lipinski definition) is 5. The molecule has 0 aliphatic rings. The van der Waals surface area contributed by atoms with Crippen LogP contribution in [0.2, 0.25) is 0 Å². The minimum atomic E-state index is -0.000000000000000222. The van der Waals surface area contributed by atoms with Gasteiger partial charge < -0.3 is 5.73 Å². The normalized spacial score (nSPS) is 12.7. The van der Waals surface area contributed by atoms with Gasteiger partial charge in [0.1, 0.15) is 6.33 Å². The van der Waals surface area contributed by atoms with E-state index in [0.29, 0.717) is 0 Å². The molecule has 19 heavy (non-hydrogen) atoms. The number of rotatable bonds is 4. The van der Waals surface area contributed by atoms with E-state index < -0.39 is 0 Å². The van der Waals surface area contributed by atoms with Crippen molar-refractivity contribution in [3.63, 3.8) is 0 Å². The average molecular weight is 287 g/mol. The zero-order chi connectivity index (χ0) is 13.1. The Balaban J connectivity index is 1.83. The highest BCUT2D eigenvalue weighted by molar-refractivity contribution is 8.00. The Labute approximate surface area is 120 Å². The highest BCUT2D eigenvalue weighted by Crippen LogP contribution is 2.28. The fourth-order valence-electron chi connectivity index (χ4n) is 2.05. The fourth-order valence-corrected chi connectivity index (χ4v) is 3.50. The summed E-state index contributed by atoms with van der Waals surface area (Å²) in [6.45, 7) is 0. The second-order valence-electron chi connectivity index (χ2n) is 4.19. The minimum Gasteiger partial charge on any atom is -0.323 e. The smallest absolute Gasteiger partial charge is 0.169 e. The predicted molar refractivity (Wildman–Crippen MR) is 81.5 cm³/mol. The number of nitrogens with zero attached hydrogens (tertiary/aromatic N) is 2.